The predicted molar refractivity (Wildman–Crippen MR) is 170 cm³/mol. The lowest BCUT2D eigenvalue weighted by atomic mass is 9.98. The van der Waals surface area contributed by atoms with Crippen molar-refractivity contribution in [2.75, 3.05) is 44.5 Å². The van der Waals surface area contributed by atoms with Crippen molar-refractivity contribution in [2.45, 2.75) is 25.0 Å². The van der Waals surface area contributed by atoms with Crippen molar-refractivity contribution in [1.82, 2.24) is 14.7 Å². The van der Waals surface area contributed by atoms with Crippen LogP contribution < -0.4 is 14.4 Å². The lowest BCUT2D eigenvalue weighted by Gasteiger charge is -2.32. The number of piperidine rings is 1. The lowest BCUT2D eigenvalue weighted by Crippen LogP contribution is -2.46. The maximum absolute atomic E-state index is 14.1. The van der Waals surface area contributed by atoms with E-state index in [0.29, 0.717) is 24.8 Å². The number of hydrogen-bond acceptors (Lipinski definition) is 6. The van der Waals surface area contributed by atoms with E-state index in [-0.39, 0.29) is 29.4 Å². The molecule has 1 aromatic heterocycles. The Morgan fingerprint density at radius 1 is 0.930 bits per heavy atom. The maximum Gasteiger partial charge on any atom is 0.242 e. The van der Waals surface area contributed by atoms with Crippen LogP contribution in [0, 0.1) is 5.92 Å². The molecule has 8 nitrogen and oxygen atoms in total. The smallest absolute Gasteiger partial charge is 0.242 e. The first kappa shape index (κ1) is 28.9. The zero-order valence-corrected chi connectivity index (χ0v) is 25.5. The van der Waals surface area contributed by atoms with Crippen molar-refractivity contribution in [2.24, 2.45) is 5.92 Å². The second-order valence-electron chi connectivity index (χ2n) is 11.0. The Morgan fingerprint density at radius 3 is 2.33 bits per heavy atom. The van der Waals surface area contributed by atoms with Crippen LogP contribution in [0.5, 0.6) is 11.5 Å². The highest BCUT2D eigenvalue weighted by Gasteiger charge is 2.39. The molecule has 1 fully saturated rings. The van der Waals surface area contributed by atoms with Crippen LogP contribution in [0.4, 0.5) is 5.82 Å². The number of aromatic nitrogens is 2. The van der Waals surface area contributed by atoms with E-state index in [1.165, 1.54) is 11.8 Å². The van der Waals surface area contributed by atoms with E-state index in [2.05, 4.69) is 6.92 Å². The Bertz CT molecular complexity index is 1600. The zero-order chi connectivity index (χ0) is 29.9. The number of methoxy groups -OCH3 is 2. The number of carbonyl (C=O) groups is 2. The number of para-hydroxylation sites is 1. The third kappa shape index (κ3) is 5.73. The average molecular weight is 597 g/mol. The van der Waals surface area contributed by atoms with E-state index in [1.54, 1.807) is 19.1 Å². The van der Waals surface area contributed by atoms with Gasteiger partial charge < -0.3 is 14.4 Å². The van der Waals surface area contributed by atoms with Crippen LogP contribution in [-0.2, 0) is 9.59 Å². The van der Waals surface area contributed by atoms with Gasteiger partial charge in [-0.15, -0.1) is 11.8 Å². The highest BCUT2D eigenvalue weighted by Crippen LogP contribution is 2.50. The quantitative estimate of drug-likeness (QED) is 0.261. The van der Waals surface area contributed by atoms with Gasteiger partial charge in [-0.25, -0.2) is 4.68 Å². The van der Waals surface area contributed by atoms with Crippen LogP contribution >= 0.6 is 11.8 Å². The van der Waals surface area contributed by atoms with E-state index >= 15 is 0 Å². The van der Waals surface area contributed by atoms with Crippen molar-refractivity contribution in [3.05, 3.63) is 90.0 Å². The number of fused-ring (bicyclic) bond motifs is 1. The number of nitrogens with zero attached hydrogens (tertiary/aromatic N) is 4. The summed E-state index contributed by atoms with van der Waals surface area (Å²) in [5, 5.41) is 4.91. The summed E-state index contributed by atoms with van der Waals surface area (Å²) < 4.78 is 13.0. The van der Waals surface area contributed by atoms with Gasteiger partial charge in [0.1, 0.15) is 23.9 Å². The molecule has 1 unspecified atom stereocenters. The third-order valence-corrected chi connectivity index (χ3v) is 9.54. The van der Waals surface area contributed by atoms with Gasteiger partial charge in [0.15, 0.2) is 0 Å². The molecule has 4 aromatic rings. The van der Waals surface area contributed by atoms with Gasteiger partial charge in [0, 0.05) is 29.8 Å². The van der Waals surface area contributed by atoms with E-state index < -0.39 is 0 Å². The molecule has 3 aromatic carbocycles. The molecule has 0 aliphatic carbocycles. The van der Waals surface area contributed by atoms with Gasteiger partial charge >= 0.3 is 0 Å². The molecule has 1 saturated heterocycles. The molecule has 9 heteroatoms. The SMILES string of the molecule is COc1ccc(-n2nc(-c3ccccc3)c3c2N(CC(=O)N2CCC(C)CC2)C(=O)CSC3c2ccccc2OC)cc1. The second-order valence-corrected chi connectivity index (χ2v) is 12.1. The minimum Gasteiger partial charge on any atom is -0.497 e. The molecule has 222 valence electrons. The van der Waals surface area contributed by atoms with Crippen molar-refractivity contribution in [3.63, 3.8) is 0 Å². The third-order valence-electron chi connectivity index (χ3n) is 8.30. The molecule has 0 saturated carbocycles. The molecule has 1 atom stereocenters. The summed E-state index contributed by atoms with van der Waals surface area (Å²) >= 11 is 1.54. The fraction of sp³-hybridized carbons (Fsp3) is 0.324. The molecule has 2 amide bonds. The maximum atomic E-state index is 14.1. The molecule has 0 radical (unpaired) electrons. The standard InChI is InChI=1S/C34H36N4O4S/c1-23-17-19-36(20-18-23)29(39)21-37-30(40)22-43-33(27-11-7-8-12-28(27)42-3)31-32(24-9-5-4-6-10-24)35-38(34(31)37)25-13-15-26(41-2)16-14-25/h4-16,23,33H,17-22H2,1-3H3. The minimum atomic E-state index is -0.270. The molecule has 0 N–H and O–H groups in total. The monoisotopic (exact) mass is 596 g/mol. The summed E-state index contributed by atoms with van der Waals surface area (Å²) in [6.07, 6.45) is 1.94. The van der Waals surface area contributed by atoms with E-state index in [0.717, 1.165) is 52.4 Å². The number of rotatable bonds is 7. The minimum absolute atomic E-state index is 0.0457. The van der Waals surface area contributed by atoms with Gasteiger partial charge in [0.2, 0.25) is 11.8 Å². The van der Waals surface area contributed by atoms with E-state index in [9.17, 15) is 9.59 Å². The Hall–Kier alpha value is -4.24. The summed E-state index contributed by atoms with van der Waals surface area (Å²) in [4.78, 5) is 31.4. The van der Waals surface area contributed by atoms with Crippen LogP contribution in [0.15, 0.2) is 78.9 Å². The number of likely N-dealkylation sites (tertiary alicyclic amines) is 1. The molecule has 2 aliphatic heterocycles. The number of hydrogen-bond donors (Lipinski definition) is 0. The summed E-state index contributed by atoms with van der Waals surface area (Å²) in [7, 11) is 3.29. The zero-order valence-electron chi connectivity index (χ0n) is 24.7. The van der Waals surface area contributed by atoms with Crippen molar-refractivity contribution in [1.29, 1.82) is 0 Å². The number of ether oxygens (including phenoxy) is 2. The van der Waals surface area contributed by atoms with Crippen LogP contribution in [0.1, 0.15) is 36.1 Å². The van der Waals surface area contributed by atoms with Crippen molar-refractivity contribution < 1.29 is 19.1 Å². The first-order chi connectivity index (χ1) is 21.0. The Labute approximate surface area is 256 Å². The van der Waals surface area contributed by atoms with Crippen molar-refractivity contribution >= 4 is 29.4 Å². The highest BCUT2D eigenvalue weighted by molar-refractivity contribution is 8.00. The van der Waals surface area contributed by atoms with Gasteiger partial charge in [-0.2, -0.15) is 5.10 Å². The number of thioether (sulfide) groups is 1. The fourth-order valence-corrected chi connectivity index (χ4v) is 7.08. The Balaban J connectivity index is 1.57. The van der Waals surface area contributed by atoms with Crippen LogP contribution in [0.25, 0.3) is 16.9 Å². The average Bonchev–Trinajstić information content (AvgIpc) is 3.38. The largest absolute Gasteiger partial charge is 0.497 e. The summed E-state index contributed by atoms with van der Waals surface area (Å²) in [5.74, 6) is 2.69. The predicted octanol–water partition coefficient (Wildman–Crippen LogP) is 5.98. The molecule has 0 spiro atoms. The van der Waals surface area contributed by atoms with E-state index in [4.69, 9.17) is 14.6 Å². The van der Waals surface area contributed by atoms with Crippen molar-refractivity contribution in [3.8, 4) is 28.4 Å². The van der Waals surface area contributed by atoms with Gasteiger partial charge in [-0.1, -0.05) is 55.5 Å². The van der Waals surface area contributed by atoms with Gasteiger partial charge in [-0.3, -0.25) is 14.5 Å². The molecule has 43 heavy (non-hydrogen) atoms. The molecule has 0 bridgehead atoms. The molecule has 6 rings (SSSR count). The summed E-state index contributed by atoms with van der Waals surface area (Å²) in [6.45, 7) is 3.59. The molecular formula is C34H36N4O4S. The first-order valence-electron chi connectivity index (χ1n) is 14.6. The molecular weight excluding hydrogens is 560 g/mol. The number of benzene rings is 3. The van der Waals surface area contributed by atoms with Gasteiger partial charge in [-0.05, 0) is 49.1 Å². The lowest BCUT2D eigenvalue weighted by molar-refractivity contribution is -0.132. The number of anilines is 1. The first-order valence-corrected chi connectivity index (χ1v) is 15.7. The van der Waals surface area contributed by atoms with Crippen LogP contribution in [0.2, 0.25) is 0 Å². The van der Waals surface area contributed by atoms with Crippen LogP contribution in [0.3, 0.4) is 0 Å². The fourth-order valence-electron chi connectivity index (χ4n) is 5.85. The number of carbonyl (C=O) groups excluding carboxylic acids is 2. The number of amides is 2. The molecule has 2 aliphatic rings. The Morgan fingerprint density at radius 2 is 1.63 bits per heavy atom. The second kappa shape index (κ2) is 12.6. The van der Waals surface area contributed by atoms with Crippen LogP contribution in [-0.4, -0.2) is 66.1 Å². The Kier molecular flexibility index (Phi) is 8.42. The van der Waals surface area contributed by atoms with E-state index in [1.807, 2.05) is 88.4 Å². The van der Waals surface area contributed by atoms with Gasteiger partial charge in [0.05, 0.1) is 36.6 Å². The topological polar surface area (TPSA) is 76.9 Å². The molecule has 3 heterocycles. The highest BCUT2D eigenvalue weighted by atomic mass is 32.2. The summed E-state index contributed by atoms with van der Waals surface area (Å²) in [6, 6.07) is 25.5. The summed E-state index contributed by atoms with van der Waals surface area (Å²) in [5.41, 5.74) is 4.28. The van der Waals surface area contributed by atoms with Gasteiger partial charge in [0.25, 0.3) is 0 Å². The normalized spacial score (nSPS) is 17.4.